The van der Waals surface area contributed by atoms with Crippen molar-refractivity contribution in [1.82, 2.24) is 0 Å². The van der Waals surface area contributed by atoms with E-state index in [9.17, 15) is 14.4 Å². The van der Waals surface area contributed by atoms with E-state index in [0.717, 1.165) is 0 Å². The summed E-state index contributed by atoms with van der Waals surface area (Å²) in [5.41, 5.74) is -0.155. The van der Waals surface area contributed by atoms with Crippen molar-refractivity contribution in [2.75, 3.05) is 13.2 Å². The number of esters is 3. The summed E-state index contributed by atoms with van der Waals surface area (Å²) in [5.74, 6) is -1.54. The van der Waals surface area contributed by atoms with Gasteiger partial charge in [0.25, 0.3) is 0 Å². The maximum absolute atomic E-state index is 12.3. The molecule has 0 radical (unpaired) electrons. The third kappa shape index (κ3) is 2.54. The van der Waals surface area contributed by atoms with E-state index < -0.39 is 17.4 Å². The molecule has 0 bridgehead atoms. The molecule has 21 heavy (non-hydrogen) atoms. The highest BCUT2D eigenvalue weighted by molar-refractivity contribution is 6.01. The van der Waals surface area contributed by atoms with Crippen LogP contribution in [0.2, 0.25) is 0 Å². The van der Waals surface area contributed by atoms with Crippen LogP contribution in [0.5, 0.6) is 0 Å². The molecule has 1 aliphatic heterocycles. The van der Waals surface area contributed by atoms with Gasteiger partial charge < -0.3 is 14.2 Å². The molecule has 0 amide bonds. The van der Waals surface area contributed by atoms with E-state index in [-0.39, 0.29) is 38.1 Å². The van der Waals surface area contributed by atoms with Crippen LogP contribution < -0.4 is 0 Å². The highest BCUT2D eigenvalue weighted by Gasteiger charge is 2.55. The van der Waals surface area contributed by atoms with Gasteiger partial charge in [0.05, 0.1) is 13.2 Å². The van der Waals surface area contributed by atoms with Crippen molar-refractivity contribution < 1.29 is 28.6 Å². The SMILES string of the molecule is CCOC(=O)C1(C(=O)OCC)CCC2OC(=O)C(C)=C2C1. The molecule has 1 heterocycles. The zero-order valence-corrected chi connectivity index (χ0v) is 12.6. The molecule has 6 nitrogen and oxygen atoms in total. The molecular weight excluding hydrogens is 276 g/mol. The molecule has 1 aliphatic carbocycles. The Morgan fingerprint density at radius 1 is 1.24 bits per heavy atom. The third-order valence-electron chi connectivity index (χ3n) is 4.08. The van der Waals surface area contributed by atoms with E-state index in [2.05, 4.69) is 0 Å². The van der Waals surface area contributed by atoms with Crippen molar-refractivity contribution in [3.8, 4) is 0 Å². The van der Waals surface area contributed by atoms with E-state index in [1.807, 2.05) is 0 Å². The molecule has 0 spiro atoms. The molecule has 1 saturated carbocycles. The number of rotatable bonds is 4. The summed E-state index contributed by atoms with van der Waals surface area (Å²) < 4.78 is 15.4. The normalized spacial score (nSPS) is 23.4. The Morgan fingerprint density at radius 3 is 2.33 bits per heavy atom. The van der Waals surface area contributed by atoms with E-state index in [4.69, 9.17) is 14.2 Å². The van der Waals surface area contributed by atoms with E-state index in [0.29, 0.717) is 17.6 Å². The molecule has 1 atom stereocenters. The van der Waals surface area contributed by atoms with Gasteiger partial charge in [-0.15, -0.1) is 0 Å². The van der Waals surface area contributed by atoms with Gasteiger partial charge >= 0.3 is 17.9 Å². The van der Waals surface area contributed by atoms with Crippen molar-refractivity contribution in [2.24, 2.45) is 5.41 Å². The van der Waals surface area contributed by atoms with Crippen molar-refractivity contribution in [2.45, 2.75) is 46.1 Å². The molecule has 0 aromatic heterocycles. The second-order valence-electron chi connectivity index (χ2n) is 5.28. The number of ether oxygens (including phenoxy) is 3. The Balaban J connectivity index is 2.36. The summed E-state index contributed by atoms with van der Waals surface area (Å²) in [4.78, 5) is 36.3. The summed E-state index contributed by atoms with van der Waals surface area (Å²) >= 11 is 0. The standard InChI is InChI=1S/C15H20O6/c1-4-19-13(17)15(14(18)20-5-2)7-6-11-10(8-15)9(3)12(16)21-11/h11H,4-8H2,1-3H3. The van der Waals surface area contributed by atoms with Gasteiger partial charge in [-0.05, 0) is 45.6 Å². The Labute approximate surface area is 123 Å². The van der Waals surface area contributed by atoms with Gasteiger partial charge in [-0.1, -0.05) is 0 Å². The zero-order valence-electron chi connectivity index (χ0n) is 12.6. The second kappa shape index (κ2) is 5.87. The monoisotopic (exact) mass is 296 g/mol. The van der Waals surface area contributed by atoms with Gasteiger partial charge in [-0.25, -0.2) is 4.79 Å². The lowest BCUT2D eigenvalue weighted by molar-refractivity contribution is -0.174. The van der Waals surface area contributed by atoms with E-state index in [1.54, 1.807) is 20.8 Å². The first-order valence-electron chi connectivity index (χ1n) is 7.21. The Hall–Kier alpha value is -1.85. The van der Waals surface area contributed by atoms with Crippen LogP contribution in [-0.4, -0.2) is 37.2 Å². The van der Waals surface area contributed by atoms with Gasteiger partial charge in [0.15, 0.2) is 5.41 Å². The molecular formula is C15H20O6. The molecule has 2 rings (SSSR count). The summed E-state index contributed by atoms with van der Waals surface area (Å²) in [6.07, 6.45) is 0.497. The van der Waals surface area contributed by atoms with Crippen LogP contribution in [0.4, 0.5) is 0 Å². The maximum Gasteiger partial charge on any atom is 0.334 e. The molecule has 1 fully saturated rings. The number of fused-ring (bicyclic) bond motifs is 1. The summed E-state index contributed by atoms with van der Waals surface area (Å²) in [6.45, 7) is 5.42. The predicted molar refractivity (Wildman–Crippen MR) is 72.1 cm³/mol. The molecule has 0 aromatic carbocycles. The molecule has 2 aliphatic rings. The van der Waals surface area contributed by atoms with Crippen LogP contribution in [0, 0.1) is 5.41 Å². The Kier molecular flexibility index (Phi) is 4.34. The summed E-state index contributed by atoms with van der Waals surface area (Å²) in [7, 11) is 0. The Morgan fingerprint density at radius 2 is 1.81 bits per heavy atom. The van der Waals surface area contributed by atoms with E-state index >= 15 is 0 Å². The minimum Gasteiger partial charge on any atom is -0.465 e. The lowest BCUT2D eigenvalue weighted by Gasteiger charge is -2.35. The van der Waals surface area contributed by atoms with Crippen LogP contribution in [0.25, 0.3) is 0 Å². The Bertz CT molecular complexity index is 486. The van der Waals surface area contributed by atoms with Gasteiger partial charge in [-0.2, -0.15) is 0 Å². The zero-order chi connectivity index (χ0) is 15.6. The first kappa shape index (κ1) is 15.5. The highest BCUT2D eigenvalue weighted by Crippen LogP contribution is 2.46. The molecule has 0 saturated heterocycles. The van der Waals surface area contributed by atoms with Crippen LogP contribution in [0.15, 0.2) is 11.1 Å². The largest absolute Gasteiger partial charge is 0.465 e. The number of carbonyl (C=O) groups is 3. The average Bonchev–Trinajstić information content (AvgIpc) is 2.74. The number of carbonyl (C=O) groups excluding carboxylic acids is 3. The summed E-state index contributed by atoms with van der Waals surface area (Å²) in [6, 6.07) is 0. The maximum atomic E-state index is 12.3. The van der Waals surface area contributed by atoms with Gasteiger partial charge in [0.1, 0.15) is 6.10 Å². The fraction of sp³-hybridized carbons (Fsp3) is 0.667. The quantitative estimate of drug-likeness (QED) is 0.444. The third-order valence-corrected chi connectivity index (χ3v) is 4.08. The minimum atomic E-state index is -1.35. The highest BCUT2D eigenvalue weighted by atomic mass is 16.6. The first-order valence-corrected chi connectivity index (χ1v) is 7.21. The topological polar surface area (TPSA) is 78.9 Å². The number of hydrogen-bond donors (Lipinski definition) is 0. The van der Waals surface area contributed by atoms with Crippen LogP contribution in [0.3, 0.4) is 0 Å². The van der Waals surface area contributed by atoms with Crippen molar-refractivity contribution in [3.63, 3.8) is 0 Å². The molecule has 116 valence electrons. The van der Waals surface area contributed by atoms with Crippen molar-refractivity contribution >= 4 is 17.9 Å². The number of hydrogen-bond acceptors (Lipinski definition) is 6. The second-order valence-corrected chi connectivity index (χ2v) is 5.28. The van der Waals surface area contributed by atoms with Crippen LogP contribution >= 0.6 is 0 Å². The lowest BCUT2D eigenvalue weighted by atomic mass is 9.70. The minimum absolute atomic E-state index is 0.132. The molecule has 0 aromatic rings. The van der Waals surface area contributed by atoms with E-state index in [1.165, 1.54) is 0 Å². The van der Waals surface area contributed by atoms with Gasteiger partial charge in [0, 0.05) is 5.57 Å². The van der Waals surface area contributed by atoms with Crippen molar-refractivity contribution in [3.05, 3.63) is 11.1 Å². The molecule has 0 N–H and O–H groups in total. The lowest BCUT2D eigenvalue weighted by Crippen LogP contribution is -2.46. The predicted octanol–water partition coefficient (Wildman–Crippen LogP) is 1.52. The molecule has 1 unspecified atom stereocenters. The fourth-order valence-electron chi connectivity index (χ4n) is 2.90. The van der Waals surface area contributed by atoms with Crippen molar-refractivity contribution in [1.29, 1.82) is 0 Å². The first-order chi connectivity index (χ1) is 9.96. The van der Waals surface area contributed by atoms with Crippen LogP contribution in [0.1, 0.15) is 40.0 Å². The average molecular weight is 296 g/mol. The van der Waals surface area contributed by atoms with Gasteiger partial charge in [0.2, 0.25) is 0 Å². The smallest absolute Gasteiger partial charge is 0.334 e. The summed E-state index contributed by atoms with van der Waals surface area (Å²) in [5, 5.41) is 0. The van der Waals surface area contributed by atoms with Gasteiger partial charge in [-0.3, -0.25) is 9.59 Å². The van der Waals surface area contributed by atoms with Crippen LogP contribution in [-0.2, 0) is 28.6 Å². The fourth-order valence-corrected chi connectivity index (χ4v) is 2.90. The molecule has 6 heteroatoms.